The van der Waals surface area contributed by atoms with Gasteiger partial charge in [-0.05, 0) is 172 Å². The number of hydrogen-bond donors (Lipinski definition) is 3. The van der Waals surface area contributed by atoms with Gasteiger partial charge in [-0.25, -0.2) is 0 Å². The lowest BCUT2D eigenvalue weighted by Crippen LogP contribution is -2.68. The van der Waals surface area contributed by atoms with Crippen molar-refractivity contribution >= 4 is 58.7 Å². The molecule has 0 unspecified atom stereocenters. The van der Waals surface area contributed by atoms with Crippen LogP contribution < -0.4 is 0 Å². The molecule has 0 aromatic rings. The molecule has 8 aliphatic heterocycles. The topological polar surface area (TPSA) is 199 Å². The summed E-state index contributed by atoms with van der Waals surface area (Å²) in [6.07, 6.45) is 21.8. The number of aliphatic hydroxyl groups excluding tert-OH is 3. The Bertz CT molecular complexity index is 3530. The first-order valence-corrected chi connectivity index (χ1v) is 73.1. The first kappa shape index (κ1) is 133. The van der Waals surface area contributed by atoms with Crippen molar-refractivity contribution in [1.82, 2.24) is 0 Å². The molecule has 0 radical (unpaired) electrons. The first-order chi connectivity index (χ1) is 62.9. The minimum atomic E-state index is -2.52. The van der Waals surface area contributed by atoms with Crippen molar-refractivity contribution in [3.63, 3.8) is 0 Å². The van der Waals surface area contributed by atoms with Gasteiger partial charge >= 0.3 is 17.1 Å². The molecular weight excluding hydrogens is 1850 g/mol. The van der Waals surface area contributed by atoms with Crippen LogP contribution in [-0.2, 0) is 68.3 Å². The van der Waals surface area contributed by atoms with Gasteiger partial charge in [0.05, 0.1) is 130 Å². The van der Waals surface area contributed by atoms with E-state index < -0.39 is 77.0 Å². The first-order valence-electron chi connectivity index (χ1n) is 54.9. The molecule has 0 spiro atoms. The van der Waals surface area contributed by atoms with Gasteiger partial charge < -0.3 is 83.6 Å². The van der Waals surface area contributed by atoms with Gasteiger partial charge in [-0.2, -0.15) is 0 Å². The maximum atomic E-state index is 10.5. The average Bonchev–Trinajstić information content (AvgIpc) is 0.731. The minimum Gasteiger partial charge on any atom is -0.411 e. The Morgan fingerprint density at radius 2 is 0.583 bits per heavy atom. The van der Waals surface area contributed by atoms with Crippen LogP contribution >= 0.6 is 0 Å². The van der Waals surface area contributed by atoms with Crippen LogP contribution in [0.3, 0.4) is 0 Å². The number of hydrogen-bond acceptors (Lipinski definition) is 18. The molecule has 8 fully saturated rings. The van der Waals surface area contributed by atoms with Crippen molar-refractivity contribution in [3.05, 3.63) is 63.3 Å². The molecule has 820 valence electrons. The predicted molar refractivity (Wildman–Crippen MR) is 605 cm³/mol. The highest BCUT2D eigenvalue weighted by Crippen LogP contribution is 2.59. The second-order valence-corrected chi connectivity index (χ2v) is 88.9. The molecule has 3 N–H and O–H groups in total. The van der Waals surface area contributed by atoms with E-state index >= 15 is 0 Å². The van der Waals surface area contributed by atoms with Crippen LogP contribution in [0.4, 0.5) is 0 Å². The van der Waals surface area contributed by atoms with Crippen LogP contribution in [0.5, 0.6) is 0 Å². The van der Waals surface area contributed by atoms with Crippen LogP contribution in [-0.4, -0.2) is 222 Å². The Hall–Kier alpha value is -0.502. The minimum absolute atomic E-state index is 0.0106. The second-order valence-electron chi connectivity index (χ2n) is 55.6. The fourth-order valence-electron chi connectivity index (χ4n) is 20.6. The lowest BCUT2D eigenvalue weighted by Gasteiger charge is -2.57. The molecule has 0 bridgehead atoms. The van der Waals surface area contributed by atoms with Gasteiger partial charge in [-0.1, -0.05) is 314 Å². The van der Waals surface area contributed by atoms with Crippen LogP contribution in [0.15, 0.2) is 63.3 Å². The van der Waals surface area contributed by atoms with E-state index in [0.717, 1.165) is 51.4 Å². The van der Waals surface area contributed by atoms with Crippen LogP contribution in [0, 0.1) is 53.3 Å². The van der Waals surface area contributed by atoms with E-state index in [9.17, 15) is 15.3 Å². The van der Waals surface area contributed by atoms with E-state index in [-0.39, 0.29) is 161 Å². The number of aliphatic hydroxyl groups is 3. The highest BCUT2D eigenvalue weighted by atomic mass is 28.4. The van der Waals surface area contributed by atoms with E-state index in [1.807, 2.05) is 44.2 Å². The van der Waals surface area contributed by atoms with Gasteiger partial charge in [0, 0.05) is 63.1 Å². The monoisotopic (exact) mass is 2080 g/mol. The summed E-state index contributed by atoms with van der Waals surface area (Å²) < 4.78 is 98.5. The zero-order chi connectivity index (χ0) is 108. The van der Waals surface area contributed by atoms with Gasteiger partial charge in [-0.15, -0.1) is 32.9 Å². The lowest BCUT2D eigenvalue weighted by molar-refractivity contribution is -0.206. The van der Waals surface area contributed by atoms with Gasteiger partial charge in [-0.3, -0.25) is 0 Å². The van der Waals surface area contributed by atoms with Crippen molar-refractivity contribution in [1.29, 1.82) is 0 Å². The molecule has 8 aliphatic rings. The quantitative estimate of drug-likeness (QED) is 0.0493. The zero-order valence-corrected chi connectivity index (χ0v) is 107. The summed E-state index contributed by atoms with van der Waals surface area (Å²) in [5, 5.41) is 30.8. The van der Waals surface area contributed by atoms with E-state index in [1.165, 1.54) is 12.8 Å². The Kier molecular flexibility index (Phi) is 50.3. The zero-order valence-electron chi connectivity index (χ0n) is 99.8. The molecule has 0 aromatic heterocycles. The average molecular weight is 2080 g/mol. The predicted octanol–water partition coefficient (Wildman–Crippen LogP) is 30.5. The fourth-order valence-corrected chi connectivity index (χ4v) is 37.2. The van der Waals surface area contributed by atoms with E-state index in [2.05, 4.69) is 361 Å². The third kappa shape index (κ3) is 34.8. The molecule has 139 heavy (non-hydrogen) atoms. The number of rotatable bonds is 28. The molecular formula is C114H228O18Si7. The standard InChI is InChI=1S/C24H48O4Si2.C19H40O2Si.C19H38O2Si.C18H34O4Si.C18H36O2Si.C16H32O4Si/c1-14-17(2)21-19(27-29(12,13)22(3,4)5)15-18-20(26-21)16-25-30(28-18,23(6,7)8)24(9,10)11;2*1-10-12-14(3)18-17(13-15(4)16(11-2)20-18)21-22(8,9)19(5,6)7;1-9-12(2)16-13(19)10-14-15(21-16)11-20-23(22-14,17(3,4)5)18(6,7)8;1-10-13(3)17-16(12-14(4)15(11-2)19-17)20-21(8,9)18(5,6)7;1-8-11(2)15-13(9-12(18)14(10-17)19-15)20-21(6,7)16(3,4)5/h14,17-21H,1,15-16H2,2-13H3;14-18H,10-13H2,1-9H3;10,14-18H,1,11-13H2,2-9H3;9,12-16,19H,1,10-11H2,2-8H3;10,13-17H,1,11-12H2,2-9H3;8,11-15,17-18H,1,9-10H2,2-7H3/t17-,18+,19-,20+,21-;2*14-,15+,16+,17-,18-;12-,13-,14+,15+,16-;13-,14+,15+,16-,17-;11-,12+,13-,14+,15-/m000000/s1. The third-order valence-electron chi connectivity index (χ3n) is 34.7. The molecule has 18 nitrogen and oxygen atoms in total. The normalized spacial score (nSPS) is 32.8. The Labute approximate surface area is 865 Å². The van der Waals surface area contributed by atoms with E-state index in [0.29, 0.717) is 79.9 Å². The van der Waals surface area contributed by atoms with Crippen LogP contribution in [0.25, 0.3) is 0 Å². The molecule has 0 amide bonds. The maximum absolute atomic E-state index is 10.5. The fraction of sp³-hybridized carbons (Fsp3) is 0.912. The second kappa shape index (κ2) is 52.7. The third-order valence-corrected chi connectivity index (χ3v) is 67.5. The Balaban J connectivity index is 0.000000431. The van der Waals surface area contributed by atoms with Crippen molar-refractivity contribution < 1.29 is 83.6 Å². The van der Waals surface area contributed by atoms with Gasteiger partial charge in [0.2, 0.25) is 0 Å². The summed E-state index contributed by atoms with van der Waals surface area (Å²) in [5.74, 6) is 3.57. The van der Waals surface area contributed by atoms with Crippen molar-refractivity contribution in [2.24, 2.45) is 53.3 Å². The van der Waals surface area contributed by atoms with Crippen LogP contribution in [0.2, 0.25) is 111 Å². The van der Waals surface area contributed by atoms with Crippen LogP contribution in [0.1, 0.15) is 354 Å². The van der Waals surface area contributed by atoms with Gasteiger partial charge in [0.25, 0.3) is 0 Å². The largest absolute Gasteiger partial charge is 0.411 e. The summed E-state index contributed by atoms with van der Waals surface area (Å²) in [7, 11) is -14.2. The molecule has 0 saturated carbocycles. The summed E-state index contributed by atoms with van der Waals surface area (Å²) >= 11 is 0. The van der Waals surface area contributed by atoms with Crippen molar-refractivity contribution in [2.45, 2.75) is 593 Å². The molecule has 8 heterocycles. The summed E-state index contributed by atoms with van der Waals surface area (Å²) in [4.78, 5) is 0. The van der Waals surface area contributed by atoms with E-state index in [1.54, 1.807) is 0 Å². The van der Waals surface area contributed by atoms with E-state index in [4.69, 9.17) is 68.3 Å². The lowest BCUT2D eigenvalue weighted by atomic mass is 9.84. The smallest absolute Gasteiger partial charge is 0.349 e. The molecule has 8 rings (SSSR count). The highest BCUT2D eigenvalue weighted by molar-refractivity contribution is 6.76. The number of ether oxygens (including phenoxy) is 6. The molecule has 8 saturated heterocycles. The summed E-state index contributed by atoms with van der Waals surface area (Å²) in [5.41, 5.74) is 0. The highest BCUT2D eigenvalue weighted by Gasteiger charge is 2.66. The van der Waals surface area contributed by atoms with Crippen molar-refractivity contribution in [3.8, 4) is 0 Å². The molecule has 0 aliphatic carbocycles. The Morgan fingerprint density at radius 1 is 0.331 bits per heavy atom. The van der Waals surface area contributed by atoms with Gasteiger partial charge in [0.15, 0.2) is 41.6 Å². The van der Waals surface area contributed by atoms with Gasteiger partial charge in [0.1, 0.15) is 18.3 Å². The summed E-state index contributed by atoms with van der Waals surface area (Å²) in [6, 6.07) is 0. The maximum Gasteiger partial charge on any atom is 0.349 e. The molecule has 30 atom stereocenters. The number of fused-ring (bicyclic) bond motifs is 2. The Morgan fingerprint density at radius 3 is 0.856 bits per heavy atom. The molecule has 25 heteroatoms. The number of allylic oxidation sites excluding steroid dienone is 1. The molecule has 0 aromatic carbocycles. The summed E-state index contributed by atoms with van der Waals surface area (Å²) in [6.45, 7) is 134. The SMILES string of the molecule is C=CC[C@H](C)[C@@H]1O[C@H](CC)[C@H](C)C[C@@H]1O[Si](C)(C)C(C)(C)C.C=C[C@H](C)[C@@H]1O[C@@H]2CO[Si](C(C)(C)C)(C(C)(C)C)O[C@@H]2C[C@@H]1O.C=C[C@H](C)[C@@H]1O[C@@H]2CO[Si](C(C)(C)C)(C(C)(C)C)O[C@@H]2C[C@@H]1O[Si](C)(C)C(C)(C)C.C=C[C@H](C)[C@@H]1O[C@H](CC)[C@H](C)C[C@@H]1O[Si](C)(C)C(C)(C)C.C=C[C@H](C)[C@@H]1O[C@H](CO)[C@H](O)C[C@@H]1O[Si](C)(C)C(C)(C)C.CCC[C@H](C)[C@@H]1O[C@H](CC)[C@H](C)C[C@@H]1O[Si](C)(C)C(C)(C)C. The van der Waals surface area contributed by atoms with Crippen molar-refractivity contribution in [2.75, 3.05) is 19.8 Å².